The first-order valence-electron chi connectivity index (χ1n) is 8.97. The maximum absolute atomic E-state index is 12.9. The maximum atomic E-state index is 12.9. The van der Waals surface area contributed by atoms with Crippen molar-refractivity contribution < 1.29 is 13.2 Å². The van der Waals surface area contributed by atoms with Crippen molar-refractivity contribution in [1.29, 1.82) is 0 Å². The molecular weight excluding hydrogens is 397 g/mol. The molecule has 1 fully saturated rings. The molecule has 3 aromatic heterocycles. The summed E-state index contributed by atoms with van der Waals surface area (Å²) in [5, 5.41) is 7.00. The zero-order chi connectivity index (χ0) is 20.0. The predicted octanol–water partition coefficient (Wildman–Crippen LogP) is 5.15. The van der Waals surface area contributed by atoms with Crippen LogP contribution in [0, 0.1) is 11.8 Å². The van der Waals surface area contributed by atoms with Gasteiger partial charge in [-0.3, -0.25) is 0 Å². The highest BCUT2D eigenvalue weighted by Gasteiger charge is 2.31. The molecule has 0 saturated heterocycles. The minimum absolute atomic E-state index is 0.383. The zero-order valence-corrected chi connectivity index (χ0v) is 15.8. The lowest BCUT2D eigenvalue weighted by Gasteiger charge is -2.10. The van der Waals surface area contributed by atoms with Crippen LogP contribution in [-0.2, 0) is 6.18 Å². The lowest BCUT2D eigenvalue weighted by Crippen LogP contribution is -2.04. The van der Waals surface area contributed by atoms with E-state index in [1.54, 1.807) is 16.9 Å². The number of rotatable bonds is 2. The summed E-state index contributed by atoms with van der Waals surface area (Å²) in [7, 11) is 0. The van der Waals surface area contributed by atoms with Crippen LogP contribution in [0.4, 0.5) is 13.2 Å². The minimum atomic E-state index is -4.36. The van der Waals surface area contributed by atoms with Crippen molar-refractivity contribution in [1.82, 2.24) is 19.6 Å². The van der Waals surface area contributed by atoms with E-state index in [0.29, 0.717) is 33.4 Å². The highest BCUT2D eigenvalue weighted by Crippen LogP contribution is 2.41. The van der Waals surface area contributed by atoms with E-state index in [1.165, 1.54) is 23.5 Å². The Labute approximate surface area is 168 Å². The third-order valence-corrected chi connectivity index (χ3v) is 5.43. The van der Waals surface area contributed by atoms with Gasteiger partial charge in [0.1, 0.15) is 0 Å². The molecule has 5 rings (SSSR count). The third kappa shape index (κ3) is 3.49. The predicted molar refractivity (Wildman–Crippen MR) is 103 cm³/mol. The number of hydrogen-bond acceptors (Lipinski definition) is 4. The van der Waals surface area contributed by atoms with E-state index in [-0.39, 0.29) is 0 Å². The fourth-order valence-electron chi connectivity index (χ4n) is 3.13. The van der Waals surface area contributed by atoms with Crippen LogP contribution in [0.3, 0.4) is 0 Å². The standard InChI is InChI=1S/C21H13F3N4S/c22-21(23,24)16-6-3-13(4-7-16)17-11-18(14-1-2-14)28-20(27-17)15(12-26-28)5-8-19-25-9-10-29-19/h3-4,6-7,9-12,14H,1-2H2. The van der Waals surface area contributed by atoms with Crippen molar-refractivity contribution in [2.45, 2.75) is 24.9 Å². The van der Waals surface area contributed by atoms with Crippen LogP contribution >= 0.6 is 11.3 Å². The van der Waals surface area contributed by atoms with Crippen LogP contribution in [-0.4, -0.2) is 19.6 Å². The van der Waals surface area contributed by atoms with Gasteiger partial charge in [0.15, 0.2) is 10.7 Å². The molecule has 1 aliphatic carbocycles. The summed E-state index contributed by atoms with van der Waals surface area (Å²) in [4.78, 5) is 8.82. The Morgan fingerprint density at radius 1 is 1.10 bits per heavy atom. The highest BCUT2D eigenvalue weighted by atomic mass is 32.1. The first-order valence-corrected chi connectivity index (χ1v) is 9.85. The Morgan fingerprint density at radius 2 is 1.90 bits per heavy atom. The second-order valence-corrected chi connectivity index (χ2v) is 7.69. The molecular formula is C21H13F3N4S. The van der Waals surface area contributed by atoms with E-state index < -0.39 is 11.7 Å². The topological polar surface area (TPSA) is 43.1 Å². The average Bonchev–Trinajstić information content (AvgIpc) is 3.26. The van der Waals surface area contributed by atoms with Crippen LogP contribution in [0.5, 0.6) is 0 Å². The molecule has 144 valence electrons. The number of alkyl halides is 3. The third-order valence-electron chi connectivity index (χ3n) is 4.74. The van der Waals surface area contributed by atoms with Gasteiger partial charge in [-0.05, 0) is 37.0 Å². The number of aromatic nitrogens is 4. The summed E-state index contributed by atoms with van der Waals surface area (Å²) >= 11 is 1.45. The van der Waals surface area contributed by atoms with Gasteiger partial charge in [-0.2, -0.15) is 18.3 Å². The monoisotopic (exact) mass is 410 g/mol. The quantitative estimate of drug-likeness (QED) is 0.429. The van der Waals surface area contributed by atoms with Gasteiger partial charge in [0.05, 0.1) is 23.0 Å². The average molecular weight is 410 g/mol. The number of thiazole rings is 1. The number of nitrogens with zero attached hydrogens (tertiary/aromatic N) is 4. The fraction of sp³-hybridized carbons (Fsp3) is 0.190. The van der Waals surface area contributed by atoms with Crippen molar-refractivity contribution in [3.63, 3.8) is 0 Å². The molecule has 8 heteroatoms. The van der Waals surface area contributed by atoms with Gasteiger partial charge in [-0.25, -0.2) is 14.5 Å². The molecule has 0 unspecified atom stereocenters. The van der Waals surface area contributed by atoms with Crippen molar-refractivity contribution in [2.75, 3.05) is 0 Å². The van der Waals surface area contributed by atoms with Crippen LogP contribution in [0.2, 0.25) is 0 Å². The van der Waals surface area contributed by atoms with Gasteiger partial charge >= 0.3 is 6.18 Å². The van der Waals surface area contributed by atoms with Crippen LogP contribution in [0.1, 0.15) is 40.6 Å². The molecule has 0 radical (unpaired) electrons. The summed E-state index contributed by atoms with van der Waals surface area (Å²) in [5.41, 5.74) is 2.84. The van der Waals surface area contributed by atoms with Crippen molar-refractivity contribution in [3.05, 3.63) is 69.9 Å². The normalized spacial score (nSPS) is 14.0. The molecule has 0 N–H and O–H groups in total. The van der Waals surface area contributed by atoms with E-state index >= 15 is 0 Å². The van der Waals surface area contributed by atoms with E-state index in [1.807, 2.05) is 11.4 Å². The van der Waals surface area contributed by atoms with E-state index in [9.17, 15) is 13.2 Å². The molecule has 0 atom stereocenters. The molecule has 1 aliphatic rings. The van der Waals surface area contributed by atoms with Crippen molar-refractivity contribution >= 4 is 17.0 Å². The molecule has 29 heavy (non-hydrogen) atoms. The van der Waals surface area contributed by atoms with Crippen LogP contribution < -0.4 is 0 Å². The summed E-state index contributed by atoms with van der Waals surface area (Å²) in [5.74, 6) is 6.46. The fourth-order valence-corrected chi connectivity index (χ4v) is 3.61. The highest BCUT2D eigenvalue weighted by molar-refractivity contribution is 7.10. The van der Waals surface area contributed by atoms with Gasteiger partial charge in [0, 0.05) is 28.8 Å². The maximum Gasteiger partial charge on any atom is 0.416 e. The van der Waals surface area contributed by atoms with Crippen LogP contribution in [0.25, 0.3) is 16.9 Å². The first kappa shape index (κ1) is 17.9. The molecule has 0 spiro atoms. The molecule has 4 aromatic rings. The Hall–Kier alpha value is -3.18. The minimum Gasteiger partial charge on any atom is -0.236 e. The summed E-state index contributed by atoms with van der Waals surface area (Å²) in [6.45, 7) is 0. The van der Waals surface area contributed by atoms with Gasteiger partial charge in [-0.15, -0.1) is 11.3 Å². The summed E-state index contributed by atoms with van der Waals surface area (Å²) in [6, 6.07) is 6.98. The van der Waals surface area contributed by atoms with Gasteiger partial charge in [-0.1, -0.05) is 18.1 Å². The Balaban J connectivity index is 1.61. The Bertz CT molecular complexity index is 1240. The molecule has 0 amide bonds. The van der Waals surface area contributed by atoms with Gasteiger partial charge < -0.3 is 0 Å². The van der Waals surface area contributed by atoms with Crippen molar-refractivity contribution in [2.24, 2.45) is 0 Å². The second-order valence-electron chi connectivity index (χ2n) is 6.80. The largest absolute Gasteiger partial charge is 0.416 e. The smallest absolute Gasteiger partial charge is 0.236 e. The number of hydrogen-bond donors (Lipinski definition) is 0. The lowest BCUT2D eigenvalue weighted by atomic mass is 10.1. The van der Waals surface area contributed by atoms with Crippen molar-refractivity contribution in [3.8, 4) is 23.1 Å². The Morgan fingerprint density at radius 3 is 2.55 bits per heavy atom. The van der Waals surface area contributed by atoms with Gasteiger partial charge in [0.2, 0.25) is 0 Å². The summed E-state index contributed by atoms with van der Waals surface area (Å²) in [6.07, 6.45) is 1.12. The molecule has 1 saturated carbocycles. The second kappa shape index (κ2) is 6.71. The van der Waals surface area contributed by atoms with E-state index in [4.69, 9.17) is 0 Å². The molecule has 4 nitrogen and oxygen atoms in total. The molecule has 1 aromatic carbocycles. The molecule has 0 bridgehead atoms. The zero-order valence-electron chi connectivity index (χ0n) is 14.9. The van der Waals surface area contributed by atoms with E-state index in [0.717, 1.165) is 30.7 Å². The lowest BCUT2D eigenvalue weighted by molar-refractivity contribution is -0.137. The summed E-state index contributed by atoms with van der Waals surface area (Å²) < 4.78 is 40.4. The van der Waals surface area contributed by atoms with Gasteiger partial charge in [0.25, 0.3) is 0 Å². The SMILES string of the molecule is FC(F)(F)c1ccc(-c2cc(C3CC3)n3ncc(C#Cc4nccs4)c3n2)cc1. The number of fused-ring (bicyclic) bond motifs is 1. The first-order chi connectivity index (χ1) is 14.0. The van der Waals surface area contributed by atoms with Crippen LogP contribution in [0.15, 0.2) is 48.1 Å². The Kier molecular flexibility index (Phi) is 4.14. The number of halogens is 3. The number of benzene rings is 1. The van der Waals surface area contributed by atoms with E-state index in [2.05, 4.69) is 26.9 Å². The molecule has 3 heterocycles. The molecule has 0 aliphatic heterocycles.